The van der Waals surface area contributed by atoms with Crippen molar-refractivity contribution in [3.8, 4) is 5.75 Å². The maximum atomic E-state index is 13.0. The number of thioether (sulfide) groups is 1. The van der Waals surface area contributed by atoms with Crippen LogP contribution in [0.4, 0.5) is 0 Å². The number of Topliss-reactive ketones (excluding diaryl/α,β-unsaturated/α-hetero) is 1. The number of nitrogens with zero attached hydrogens (tertiary/aromatic N) is 2. The van der Waals surface area contributed by atoms with Gasteiger partial charge in [-0.05, 0) is 25.5 Å². The van der Waals surface area contributed by atoms with Crippen molar-refractivity contribution in [3.05, 3.63) is 41.7 Å². The van der Waals surface area contributed by atoms with Gasteiger partial charge in [-0.2, -0.15) is 5.10 Å². The second-order valence-electron chi connectivity index (χ2n) is 5.37. The number of rotatable bonds is 4. The number of hydrogen-bond acceptors (Lipinski definition) is 4. The quantitative estimate of drug-likeness (QED) is 0.810. The Labute approximate surface area is 128 Å². The van der Waals surface area contributed by atoms with Crippen molar-refractivity contribution in [2.75, 3.05) is 12.9 Å². The van der Waals surface area contributed by atoms with Crippen LogP contribution in [0, 0.1) is 0 Å². The summed E-state index contributed by atoms with van der Waals surface area (Å²) in [5.41, 5.74) is 1.70. The summed E-state index contributed by atoms with van der Waals surface area (Å²) in [6.07, 6.45) is 1.63. The third kappa shape index (κ3) is 2.35. The second kappa shape index (κ2) is 5.56. The maximum Gasteiger partial charge on any atom is 0.192 e. The Hall–Kier alpha value is -1.75. The molecule has 0 N–H and O–H groups in total. The number of carbonyl (C=O) groups excluding carboxylic acids is 1. The normalized spacial score (nSPS) is 17.0. The Morgan fingerprint density at radius 2 is 2.19 bits per heavy atom. The molecule has 1 aliphatic heterocycles. The molecule has 0 spiro atoms. The molecule has 0 radical (unpaired) electrons. The molecule has 1 aromatic heterocycles. The van der Waals surface area contributed by atoms with E-state index in [4.69, 9.17) is 4.74 Å². The van der Waals surface area contributed by atoms with Gasteiger partial charge < -0.3 is 4.74 Å². The highest BCUT2D eigenvalue weighted by molar-refractivity contribution is 7.99. The van der Waals surface area contributed by atoms with Crippen LogP contribution in [-0.4, -0.2) is 28.4 Å². The summed E-state index contributed by atoms with van der Waals surface area (Å²) in [5, 5.41) is 4.30. The molecule has 1 aromatic carbocycles. The van der Waals surface area contributed by atoms with Crippen LogP contribution in [-0.2, 0) is 0 Å². The van der Waals surface area contributed by atoms with E-state index in [-0.39, 0.29) is 17.7 Å². The SMILES string of the molecule is COc1cnn(C(C)C)c1C(=O)C1CSc2ccccc21. The highest BCUT2D eigenvalue weighted by Crippen LogP contribution is 2.42. The highest BCUT2D eigenvalue weighted by Gasteiger charge is 2.33. The molecule has 0 saturated carbocycles. The van der Waals surface area contributed by atoms with E-state index in [9.17, 15) is 4.79 Å². The molecule has 1 unspecified atom stereocenters. The molecule has 21 heavy (non-hydrogen) atoms. The van der Waals surface area contributed by atoms with Crippen molar-refractivity contribution in [2.24, 2.45) is 0 Å². The van der Waals surface area contributed by atoms with Crippen LogP contribution < -0.4 is 4.74 Å². The summed E-state index contributed by atoms with van der Waals surface area (Å²) in [4.78, 5) is 14.2. The van der Waals surface area contributed by atoms with Crippen molar-refractivity contribution in [1.82, 2.24) is 9.78 Å². The van der Waals surface area contributed by atoms with Gasteiger partial charge in [0.15, 0.2) is 11.5 Å². The molecule has 110 valence electrons. The number of fused-ring (bicyclic) bond motifs is 1. The van der Waals surface area contributed by atoms with Crippen LogP contribution in [0.3, 0.4) is 0 Å². The lowest BCUT2D eigenvalue weighted by molar-refractivity contribution is 0.0952. The lowest BCUT2D eigenvalue weighted by atomic mass is 9.94. The van der Waals surface area contributed by atoms with E-state index in [1.54, 1.807) is 29.8 Å². The van der Waals surface area contributed by atoms with Gasteiger partial charge in [0.2, 0.25) is 0 Å². The first-order chi connectivity index (χ1) is 10.1. The zero-order valence-electron chi connectivity index (χ0n) is 12.4. The number of ketones is 1. The Kier molecular flexibility index (Phi) is 3.76. The number of ether oxygens (including phenoxy) is 1. The van der Waals surface area contributed by atoms with Crippen molar-refractivity contribution >= 4 is 17.5 Å². The van der Waals surface area contributed by atoms with E-state index in [0.29, 0.717) is 11.4 Å². The largest absolute Gasteiger partial charge is 0.493 e. The van der Waals surface area contributed by atoms with Crippen molar-refractivity contribution in [1.29, 1.82) is 0 Å². The summed E-state index contributed by atoms with van der Waals surface area (Å²) in [6.45, 7) is 4.03. The molecule has 3 rings (SSSR count). The van der Waals surface area contributed by atoms with Crippen LogP contribution in [0.25, 0.3) is 0 Å². The second-order valence-corrected chi connectivity index (χ2v) is 6.43. The Morgan fingerprint density at radius 3 is 2.90 bits per heavy atom. The summed E-state index contributed by atoms with van der Waals surface area (Å²) in [7, 11) is 1.58. The number of benzene rings is 1. The monoisotopic (exact) mass is 302 g/mol. The third-order valence-corrected chi connectivity index (χ3v) is 4.90. The highest BCUT2D eigenvalue weighted by atomic mass is 32.2. The van der Waals surface area contributed by atoms with Crippen molar-refractivity contribution in [2.45, 2.75) is 30.7 Å². The third-order valence-electron chi connectivity index (χ3n) is 3.72. The Balaban J connectivity index is 2.02. The minimum absolute atomic E-state index is 0.0931. The molecule has 2 heterocycles. The van der Waals surface area contributed by atoms with E-state index in [0.717, 1.165) is 11.3 Å². The van der Waals surface area contributed by atoms with E-state index in [1.807, 2.05) is 32.0 Å². The van der Waals surface area contributed by atoms with Crippen LogP contribution in [0.15, 0.2) is 35.4 Å². The van der Waals surface area contributed by atoms with Crippen LogP contribution >= 0.6 is 11.8 Å². The van der Waals surface area contributed by atoms with E-state index < -0.39 is 0 Å². The van der Waals surface area contributed by atoms with Crippen molar-refractivity contribution in [3.63, 3.8) is 0 Å². The van der Waals surface area contributed by atoms with Crippen molar-refractivity contribution < 1.29 is 9.53 Å². The van der Waals surface area contributed by atoms with Gasteiger partial charge in [0, 0.05) is 16.7 Å². The van der Waals surface area contributed by atoms with Gasteiger partial charge in [0.25, 0.3) is 0 Å². The van der Waals surface area contributed by atoms with Gasteiger partial charge in [-0.1, -0.05) is 18.2 Å². The molecular weight excluding hydrogens is 284 g/mol. The molecule has 0 bridgehead atoms. The summed E-state index contributed by atoms with van der Waals surface area (Å²) >= 11 is 1.74. The molecule has 0 amide bonds. The average molecular weight is 302 g/mol. The van der Waals surface area contributed by atoms with Gasteiger partial charge >= 0.3 is 0 Å². The molecule has 5 heteroatoms. The molecular formula is C16H18N2O2S. The predicted molar refractivity (Wildman–Crippen MR) is 83.4 cm³/mol. The molecule has 4 nitrogen and oxygen atoms in total. The summed E-state index contributed by atoms with van der Waals surface area (Å²) in [6, 6.07) is 8.24. The smallest absolute Gasteiger partial charge is 0.192 e. The topological polar surface area (TPSA) is 44.1 Å². The Bertz CT molecular complexity index is 679. The number of methoxy groups -OCH3 is 1. The van der Waals surface area contributed by atoms with Crippen LogP contribution in [0.2, 0.25) is 0 Å². The van der Waals surface area contributed by atoms with Gasteiger partial charge in [-0.3, -0.25) is 9.48 Å². The van der Waals surface area contributed by atoms with Crippen LogP contribution in [0.5, 0.6) is 5.75 Å². The predicted octanol–water partition coefficient (Wildman–Crippen LogP) is 3.54. The lowest BCUT2D eigenvalue weighted by Gasteiger charge is -2.15. The van der Waals surface area contributed by atoms with E-state index in [2.05, 4.69) is 11.2 Å². The molecule has 1 aliphatic rings. The molecule has 0 aliphatic carbocycles. The zero-order valence-corrected chi connectivity index (χ0v) is 13.2. The lowest BCUT2D eigenvalue weighted by Crippen LogP contribution is -2.19. The van der Waals surface area contributed by atoms with Gasteiger partial charge in [-0.15, -0.1) is 11.8 Å². The minimum Gasteiger partial charge on any atom is -0.493 e. The number of carbonyl (C=O) groups is 1. The van der Waals surface area contributed by atoms with Crippen LogP contribution in [0.1, 0.15) is 41.9 Å². The fourth-order valence-electron chi connectivity index (χ4n) is 2.67. The summed E-state index contributed by atoms with van der Waals surface area (Å²) in [5.74, 6) is 1.32. The molecule has 1 atom stereocenters. The van der Waals surface area contributed by atoms with E-state index >= 15 is 0 Å². The summed E-state index contributed by atoms with van der Waals surface area (Å²) < 4.78 is 7.09. The van der Waals surface area contributed by atoms with E-state index in [1.165, 1.54) is 4.90 Å². The Morgan fingerprint density at radius 1 is 1.43 bits per heavy atom. The minimum atomic E-state index is -0.116. The first kappa shape index (κ1) is 14.2. The first-order valence-electron chi connectivity index (χ1n) is 7.01. The molecule has 0 fully saturated rings. The van der Waals surface area contributed by atoms with Gasteiger partial charge in [-0.25, -0.2) is 0 Å². The fraction of sp³-hybridized carbons (Fsp3) is 0.375. The average Bonchev–Trinajstić information content (AvgIpc) is 3.10. The van der Waals surface area contributed by atoms with Gasteiger partial charge in [0.1, 0.15) is 5.69 Å². The first-order valence-corrected chi connectivity index (χ1v) is 7.99. The number of aromatic nitrogens is 2. The number of hydrogen-bond donors (Lipinski definition) is 0. The molecule has 0 saturated heterocycles. The van der Waals surface area contributed by atoms with Gasteiger partial charge in [0.05, 0.1) is 19.2 Å². The maximum absolute atomic E-state index is 13.0. The standard InChI is InChI=1S/C16H18N2O2S/c1-10(2)18-15(13(20-3)8-17-18)16(19)12-9-21-14-7-5-4-6-11(12)14/h4-8,10,12H,9H2,1-3H3. The molecule has 2 aromatic rings. The fourth-order valence-corrected chi connectivity index (χ4v) is 3.90. The zero-order chi connectivity index (χ0) is 15.0.